The van der Waals surface area contributed by atoms with Gasteiger partial charge < -0.3 is 4.90 Å². The summed E-state index contributed by atoms with van der Waals surface area (Å²) in [4.78, 5) is 14.8. The van der Waals surface area contributed by atoms with Gasteiger partial charge in [-0.1, -0.05) is 26.2 Å². The zero-order chi connectivity index (χ0) is 14.9. The monoisotopic (exact) mass is 268 g/mol. The summed E-state index contributed by atoms with van der Waals surface area (Å²) in [7, 11) is 0. The van der Waals surface area contributed by atoms with E-state index in [1.54, 1.807) is 0 Å². The Kier molecular flexibility index (Phi) is 4.71. The smallest absolute Gasteiger partial charge is 0.242 e. The summed E-state index contributed by atoms with van der Waals surface area (Å²) < 4.78 is 0. The molecule has 0 spiro atoms. The minimum absolute atomic E-state index is 0.0283. The molecular formula is C16H32N2O. The first-order chi connectivity index (χ1) is 8.52. The Bertz CT molecular complexity index is 332. The Morgan fingerprint density at radius 2 is 1.79 bits per heavy atom. The fraction of sp³-hybridized carbons (Fsp3) is 0.938. The van der Waals surface area contributed by atoms with Gasteiger partial charge in [-0.2, -0.15) is 0 Å². The molecule has 1 heterocycles. The van der Waals surface area contributed by atoms with Crippen molar-refractivity contribution in [2.45, 2.75) is 90.8 Å². The van der Waals surface area contributed by atoms with E-state index in [2.05, 4.69) is 44.8 Å². The quantitative estimate of drug-likeness (QED) is 0.776. The lowest BCUT2D eigenvalue weighted by atomic mass is 9.85. The van der Waals surface area contributed by atoms with Crippen LogP contribution in [-0.2, 0) is 4.79 Å². The molecule has 0 aromatic carbocycles. The summed E-state index contributed by atoms with van der Waals surface area (Å²) in [5.74, 6) is 0.230. The van der Waals surface area contributed by atoms with Gasteiger partial charge in [0.15, 0.2) is 0 Å². The van der Waals surface area contributed by atoms with Crippen LogP contribution in [-0.4, -0.2) is 34.0 Å². The summed E-state index contributed by atoms with van der Waals surface area (Å²) in [5, 5.41) is 3.46. The molecule has 19 heavy (non-hydrogen) atoms. The van der Waals surface area contributed by atoms with Gasteiger partial charge in [0.05, 0.1) is 5.54 Å². The first-order valence-electron chi connectivity index (χ1n) is 7.63. The van der Waals surface area contributed by atoms with Crippen LogP contribution in [0.5, 0.6) is 0 Å². The van der Waals surface area contributed by atoms with Crippen molar-refractivity contribution < 1.29 is 4.79 Å². The normalized spacial score (nSPS) is 22.7. The van der Waals surface area contributed by atoms with Gasteiger partial charge in [-0.3, -0.25) is 10.1 Å². The zero-order valence-corrected chi connectivity index (χ0v) is 13.9. The summed E-state index contributed by atoms with van der Waals surface area (Å²) in [6.45, 7) is 15.8. The summed E-state index contributed by atoms with van der Waals surface area (Å²) in [6, 6.07) is 0. The van der Waals surface area contributed by atoms with Gasteiger partial charge in [-0.25, -0.2) is 0 Å². The van der Waals surface area contributed by atoms with E-state index in [4.69, 9.17) is 0 Å². The lowest BCUT2D eigenvalue weighted by molar-refractivity contribution is -0.150. The van der Waals surface area contributed by atoms with E-state index >= 15 is 0 Å². The molecule has 3 nitrogen and oxygen atoms in total. The van der Waals surface area contributed by atoms with Gasteiger partial charge >= 0.3 is 0 Å². The standard InChI is InChI=1S/C16H32N2O/c1-8-9-10-11-15(4,5)18-12-14(2,3)17-16(6,7)13(18)19/h17H,8-12H2,1-7H3. The Hall–Kier alpha value is -0.570. The number of nitrogens with zero attached hydrogens (tertiary/aromatic N) is 1. The van der Waals surface area contributed by atoms with Crippen LogP contribution in [0.4, 0.5) is 0 Å². The predicted octanol–water partition coefficient (Wildman–Crippen LogP) is 3.33. The molecular weight excluding hydrogens is 236 g/mol. The number of unbranched alkanes of at least 4 members (excludes halogenated alkanes) is 2. The van der Waals surface area contributed by atoms with Gasteiger partial charge in [0, 0.05) is 17.6 Å². The molecule has 0 aromatic rings. The van der Waals surface area contributed by atoms with Gasteiger partial charge in [-0.05, 0) is 48.0 Å². The second kappa shape index (κ2) is 5.43. The van der Waals surface area contributed by atoms with E-state index in [1.807, 2.05) is 13.8 Å². The third kappa shape index (κ3) is 3.95. The second-order valence-electron chi connectivity index (χ2n) is 7.79. The number of piperazine rings is 1. The maximum absolute atomic E-state index is 12.7. The average molecular weight is 268 g/mol. The van der Waals surface area contributed by atoms with E-state index in [-0.39, 0.29) is 17.0 Å². The lowest BCUT2D eigenvalue weighted by Crippen LogP contribution is -2.72. The number of hydrogen-bond acceptors (Lipinski definition) is 2. The van der Waals surface area contributed by atoms with Crippen LogP contribution in [0.2, 0.25) is 0 Å². The fourth-order valence-corrected chi connectivity index (χ4v) is 3.17. The van der Waals surface area contributed by atoms with Gasteiger partial charge in [0.1, 0.15) is 0 Å². The minimum Gasteiger partial charge on any atom is -0.334 e. The molecule has 3 heteroatoms. The highest BCUT2D eigenvalue weighted by atomic mass is 16.2. The number of rotatable bonds is 5. The van der Waals surface area contributed by atoms with Crippen molar-refractivity contribution in [2.75, 3.05) is 6.54 Å². The van der Waals surface area contributed by atoms with Crippen LogP contribution in [0.1, 0.15) is 74.1 Å². The molecule has 1 fully saturated rings. The molecule has 1 aliphatic rings. The molecule has 0 radical (unpaired) electrons. The van der Waals surface area contributed by atoms with E-state index in [0.717, 1.165) is 13.0 Å². The van der Waals surface area contributed by atoms with Crippen LogP contribution < -0.4 is 5.32 Å². The van der Waals surface area contributed by atoms with E-state index in [0.29, 0.717) is 0 Å². The maximum Gasteiger partial charge on any atom is 0.242 e. The molecule has 0 bridgehead atoms. The SMILES string of the molecule is CCCCCC(C)(C)N1CC(C)(C)NC(C)(C)C1=O. The van der Waals surface area contributed by atoms with Gasteiger partial charge in [0.25, 0.3) is 0 Å². The van der Waals surface area contributed by atoms with Gasteiger partial charge in [-0.15, -0.1) is 0 Å². The van der Waals surface area contributed by atoms with Crippen molar-refractivity contribution >= 4 is 5.91 Å². The molecule has 1 saturated heterocycles. The van der Waals surface area contributed by atoms with E-state index in [9.17, 15) is 4.79 Å². The van der Waals surface area contributed by atoms with Crippen LogP contribution in [0.15, 0.2) is 0 Å². The number of carbonyl (C=O) groups excluding carboxylic acids is 1. The summed E-state index contributed by atoms with van der Waals surface area (Å²) >= 11 is 0. The Morgan fingerprint density at radius 1 is 1.21 bits per heavy atom. The topological polar surface area (TPSA) is 32.3 Å². The van der Waals surface area contributed by atoms with E-state index in [1.165, 1.54) is 19.3 Å². The molecule has 1 rings (SSSR count). The predicted molar refractivity (Wildman–Crippen MR) is 81.2 cm³/mol. The van der Waals surface area contributed by atoms with Crippen LogP contribution in [0.3, 0.4) is 0 Å². The minimum atomic E-state index is -0.468. The molecule has 0 aliphatic carbocycles. The number of nitrogens with one attached hydrogen (secondary N) is 1. The highest BCUT2D eigenvalue weighted by molar-refractivity contribution is 5.87. The van der Waals surface area contributed by atoms with Crippen LogP contribution >= 0.6 is 0 Å². The summed E-state index contributed by atoms with van der Waals surface area (Å²) in [6.07, 6.45) is 4.75. The molecule has 0 aromatic heterocycles. The fourth-order valence-electron chi connectivity index (χ4n) is 3.17. The van der Waals surface area contributed by atoms with Crippen LogP contribution in [0, 0.1) is 0 Å². The average Bonchev–Trinajstić information content (AvgIpc) is 2.22. The highest BCUT2D eigenvalue weighted by Gasteiger charge is 2.47. The molecule has 0 atom stereocenters. The maximum atomic E-state index is 12.7. The molecule has 0 saturated carbocycles. The van der Waals surface area contributed by atoms with Crippen molar-refractivity contribution in [3.63, 3.8) is 0 Å². The Balaban J connectivity index is 2.87. The van der Waals surface area contributed by atoms with Crippen molar-refractivity contribution in [3.8, 4) is 0 Å². The lowest BCUT2D eigenvalue weighted by Gasteiger charge is -2.53. The van der Waals surface area contributed by atoms with Crippen molar-refractivity contribution in [1.82, 2.24) is 10.2 Å². The number of amides is 1. The zero-order valence-electron chi connectivity index (χ0n) is 13.9. The highest BCUT2D eigenvalue weighted by Crippen LogP contribution is 2.31. The first-order valence-corrected chi connectivity index (χ1v) is 7.63. The largest absolute Gasteiger partial charge is 0.334 e. The van der Waals surface area contributed by atoms with Crippen molar-refractivity contribution in [3.05, 3.63) is 0 Å². The third-order valence-corrected chi connectivity index (χ3v) is 4.11. The van der Waals surface area contributed by atoms with Crippen LogP contribution in [0.25, 0.3) is 0 Å². The van der Waals surface area contributed by atoms with Crippen molar-refractivity contribution in [2.24, 2.45) is 0 Å². The second-order valence-corrected chi connectivity index (χ2v) is 7.79. The summed E-state index contributed by atoms with van der Waals surface area (Å²) in [5.41, 5.74) is -0.549. The molecule has 0 unspecified atom stereocenters. The van der Waals surface area contributed by atoms with Crippen molar-refractivity contribution in [1.29, 1.82) is 0 Å². The molecule has 1 amide bonds. The first kappa shape index (κ1) is 16.5. The molecule has 1 aliphatic heterocycles. The van der Waals surface area contributed by atoms with E-state index < -0.39 is 5.54 Å². The Labute approximate surface area is 119 Å². The number of carbonyl (C=O) groups is 1. The molecule has 1 N–H and O–H groups in total. The number of hydrogen-bond donors (Lipinski definition) is 1. The Morgan fingerprint density at radius 3 is 2.32 bits per heavy atom. The molecule has 112 valence electrons. The third-order valence-electron chi connectivity index (χ3n) is 4.11. The van der Waals surface area contributed by atoms with Gasteiger partial charge in [0.2, 0.25) is 5.91 Å².